The van der Waals surface area contributed by atoms with E-state index in [9.17, 15) is 9.18 Å². The Kier molecular flexibility index (Phi) is 5.98. The molecule has 1 N–H and O–H groups in total. The molecule has 34 heavy (non-hydrogen) atoms. The van der Waals surface area contributed by atoms with Gasteiger partial charge in [0.15, 0.2) is 5.58 Å². The number of aromatic nitrogens is 2. The molecule has 1 saturated heterocycles. The van der Waals surface area contributed by atoms with Gasteiger partial charge in [-0.1, -0.05) is 12.1 Å². The van der Waals surface area contributed by atoms with E-state index >= 15 is 0 Å². The summed E-state index contributed by atoms with van der Waals surface area (Å²) >= 11 is 0. The standard InChI is InChI=1S/C26H24FN3O4/c1-16-10-18(3-5-21(16)19-4-7-24(28-12-19)33-9-8-27)25-29-22-11-17(2-6-23(22)34-25)13-30-14-20(15-30)26(31)32/h2-7,10-12,20H,8-9,13-15H2,1H3,(H,31,32). The molecule has 3 heterocycles. The highest BCUT2D eigenvalue weighted by molar-refractivity contribution is 5.78. The van der Waals surface area contributed by atoms with Gasteiger partial charge < -0.3 is 14.3 Å². The summed E-state index contributed by atoms with van der Waals surface area (Å²) < 4.78 is 23.5. The summed E-state index contributed by atoms with van der Waals surface area (Å²) in [4.78, 5) is 22.0. The van der Waals surface area contributed by atoms with Crippen LogP contribution >= 0.6 is 0 Å². The molecule has 0 radical (unpaired) electrons. The molecular formula is C26H24FN3O4. The van der Waals surface area contributed by atoms with Gasteiger partial charge in [-0.15, -0.1) is 0 Å². The highest BCUT2D eigenvalue weighted by atomic mass is 19.1. The summed E-state index contributed by atoms with van der Waals surface area (Å²) in [6.45, 7) is 3.31. The van der Waals surface area contributed by atoms with E-state index in [0.717, 1.165) is 33.3 Å². The molecule has 0 saturated carbocycles. The Morgan fingerprint density at radius 1 is 1.18 bits per heavy atom. The van der Waals surface area contributed by atoms with Gasteiger partial charge in [-0.3, -0.25) is 9.69 Å². The molecule has 4 aromatic rings. The Morgan fingerprint density at radius 2 is 2.00 bits per heavy atom. The zero-order valence-electron chi connectivity index (χ0n) is 18.7. The summed E-state index contributed by atoms with van der Waals surface area (Å²) in [6.07, 6.45) is 1.72. The summed E-state index contributed by atoms with van der Waals surface area (Å²) in [5.74, 6) is -0.0517. The molecule has 0 unspecified atom stereocenters. The second-order valence-corrected chi connectivity index (χ2v) is 8.50. The summed E-state index contributed by atoms with van der Waals surface area (Å²) in [5.41, 5.74) is 6.45. The van der Waals surface area contributed by atoms with Crippen LogP contribution in [0.25, 0.3) is 33.7 Å². The van der Waals surface area contributed by atoms with Gasteiger partial charge >= 0.3 is 5.97 Å². The molecule has 1 fully saturated rings. The minimum atomic E-state index is -0.731. The lowest BCUT2D eigenvalue weighted by Crippen LogP contribution is -2.49. The Bertz CT molecular complexity index is 1330. The van der Waals surface area contributed by atoms with Crippen molar-refractivity contribution in [2.24, 2.45) is 5.92 Å². The van der Waals surface area contributed by atoms with Crippen molar-refractivity contribution < 1.29 is 23.4 Å². The Hall–Kier alpha value is -3.78. The molecule has 1 aliphatic rings. The fraction of sp³-hybridized carbons (Fsp3) is 0.269. The SMILES string of the molecule is Cc1cc(-c2nc3cc(CN4CC(C(=O)O)C4)ccc3o2)ccc1-c1ccc(OCCF)nc1. The number of fused-ring (bicyclic) bond motifs is 1. The molecule has 8 heteroatoms. The maximum absolute atomic E-state index is 12.3. The van der Waals surface area contributed by atoms with E-state index in [0.29, 0.717) is 37.0 Å². The van der Waals surface area contributed by atoms with Gasteiger partial charge in [0.2, 0.25) is 11.8 Å². The highest BCUT2D eigenvalue weighted by Crippen LogP contribution is 2.31. The first-order valence-corrected chi connectivity index (χ1v) is 11.1. The first kappa shape index (κ1) is 22.0. The predicted octanol–water partition coefficient (Wildman–Crippen LogP) is 4.73. The second-order valence-electron chi connectivity index (χ2n) is 8.50. The lowest BCUT2D eigenvalue weighted by molar-refractivity contribution is -0.147. The summed E-state index contributed by atoms with van der Waals surface area (Å²) in [5, 5.41) is 9.04. The molecule has 0 aliphatic carbocycles. The largest absolute Gasteiger partial charge is 0.481 e. The Morgan fingerprint density at radius 3 is 2.71 bits per heavy atom. The molecule has 0 bridgehead atoms. The molecule has 5 rings (SSSR count). The van der Waals surface area contributed by atoms with Crippen LogP contribution < -0.4 is 4.74 Å². The van der Waals surface area contributed by atoms with Crippen LogP contribution in [-0.4, -0.2) is 52.3 Å². The lowest BCUT2D eigenvalue weighted by atomic mass is 9.99. The van der Waals surface area contributed by atoms with E-state index in [2.05, 4.69) is 14.9 Å². The fourth-order valence-electron chi connectivity index (χ4n) is 4.20. The number of nitrogens with zero attached hydrogens (tertiary/aromatic N) is 3. The minimum absolute atomic E-state index is 0.00445. The number of aliphatic carboxylic acids is 1. The van der Waals surface area contributed by atoms with E-state index in [-0.39, 0.29) is 12.5 Å². The number of likely N-dealkylation sites (tertiary alicyclic amines) is 1. The van der Waals surface area contributed by atoms with Crippen molar-refractivity contribution in [3.8, 4) is 28.5 Å². The number of aryl methyl sites for hydroxylation is 1. The maximum atomic E-state index is 12.3. The number of hydrogen-bond acceptors (Lipinski definition) is 6. The van der Waals surface area contributed by atoms with Crippen molar-refractivity contribution in [3.63, 3.8) is 0 Å². The van der Waals surface area contributed by atoms with E-state index in [1.54, 1.807) is 12.3 Å². The van der Waals surface area contributed by atoms with Crippen LogP contribution in [0.4, 0.5) is 4.39 Å². The van der Waals surface area contributed by atoms with Crippen LogP contribution in [0.15, 0.2) is 59.1 Å². The van der Waals surface area contributed by atoms with Crippen LogP contribution in [0.3, 0.4) is 0 Å². The maximum Gasteiger partial charge on any atom is 0.309 e. The molecular weight excluding hydrogens is 437 g/mol. The van der Waals surface area contributed by atoms with Crippen LogP contribution in [0, 0.1) is 12.8 Å². The average molecular weight is 461 g/mol. The zero-order valence-corrected chi connectivity index (χ0v) is 18.7. The fourth-order valence-corrected chi connectivity index (χ4v) is 4.20. The number of ether oxygens (including phenoxy) is 1. The van der Waals surface area contributed by atoms with Gasteiger partial charge in [-0.05, 0) is 53.9 Å². The summed E-state index contributed by atoms with van der Waals surface area (Å²) in [7, 11) is 0. The minimum Gasteiger partial charge on any atom is -0.481 e. The number of alkyl halides is 1. The first-order valence-electron chi connectivity index (χ1n) is 11.1. The van der Waals surface area contributed by atoms with Crippen LogP contribution in [0.2, 0.25) is 0 Å². The van der Waals surface area contributed by atoms with Crippen LogP contribution in [0.1, 0.15) is 11.1 Å². The summed E-state index contributed by atoms with van der Waals surface area (Å²) in [6, 6.07) is 15.5. The monoisotopic (exact) mass is 461 g/mol. The number of benzene rings is 2. The van der Waals surface area contributed by atoms with E-state index in [1.165, 1.54) is 0 Å². The third kappa shape index (κ3) is 4.49. The first-order chi connectivity index (χ1) is 16.5. The number of pyridine rings is 1. The van der Waals surface area contributed by atoms with Gasteiger partial charge in [-0.25, -0.2) is 14.4 Å². The average Bonchev–Trinajstić information content (AvgIpc) is 3.23. The zero-order chi connectivity index (χ0) is 23.7. The van der Waals surface area contributed by atoms with Gasteiger partial charge in [0, 0.05) is 43.0 Å². The number of carbonyl (C=O) groups is 1. The third-order valence-electron chi connectivity index (χ3n) is 6.01. The molecule has 2 aromatic carbocycles. The van der Waals surface area contributed by atoms with Crippen LogP contribution in [-0.2, 0) is 11.3 Å². The molecule has 174 valence electrons. The van der Waals surface area contributed by atoms with Gasteiger partial charge in [0.1, 0.15) is 18.8 Å². The highest BCUT2D eigenvalue weighted by Gasteiger charge is 2.32. The van der Waals surface area contributed by atoms with Crippen molar-refractivity contribution in [2.45, 2.75) is 13.5 Å². The number of carboxylic acid groups (broad SMARTS) is 1. The van der Waals surface area contributed by atoms with E-state index in [4.69, 9.17) is 14.3 Å². The van der Waals surface area contributed by atoms with Gasteiger partial charge in [-0.2, -0.15) is 0 Å². The second kappa shape index (κ2) is 9.23. The number of halogens is 1. The van der Waals surface area contributed by atoms with E-state index < -0.39 is 12.6 Å². The molecule has 2 aromatic heterocycles. The van der Waals surface area contributed by atoms with Crippen molar-refractivity contribution in [1.29, 1.82) is 0 Å². The molecule has 0 atom stereocenters. The van der Waals surface area contributed by atoms with Gasteiger partial charge in [0.05, 0.1) is 5.92 Å². The third-order valence-corrected chi connectivity index (χ3v) is 6.01. The molecule has 0 spiro atoms. The number of oxazole rings is 1. The normalized spacial score (nSPS) is 14.3. The topological polar surface area (TPSA) is 88.7 Å². The number of hydrogen-bond donors (Lipinski definition) is 1. The van der Waals surface area contributed by atoms with E-state index in [1.807, 2.05) is 49.4 Å². The van der Waals surface area contributed by atoms with Crippen molar-refractivity contribution in [2.75, 3.05) is 26.4 Å². The van der Waals surface area contributed by atoms with Crippen LogP contribution in [0.5, 0.6) is 5.88 Å². The van der Waals surface area contributed by atoms with Gasteiger partial charge in [0.25, 0.3) is 0 Å². The van der Waals surface area contributed by atoms with Crippen molar-refractivity contribution >= 4 is 17.1 Å². The number of carboxylic acids is 1. The van der Waals surface area contributed by atoms with Crippen molar-refractivity contribution in [1.82, 2.24) is 14.9 Å². The lowest BCUT2D eigenvalue weighted by Gasteiger charge is -2.36. The molecule has 7 nitrogen and oxygen atoms in total. The quantitative estimate of drug-likeness (QED) is 0.406. The molecule has 1 aliphatic heterocycles. The predicted molar refractivity (Wildman–Crippen MR) is 125 cm³/mol. The smallest absolute Gasteiger partial charge is 0.309 e. The Labute approximate surface area is 195 Å². The Balaban J connectivity index is 1.32. The molecule has 0 amide bonds. The van der Waals surface area contributed by atoms with Crippen molar-refractivity contribution in [3.05, 3.63) is 65.9 Å². The number of rotatable bonds is 8.